The van der Waals surface area contributed by atoms with Crippen LogP contribution in [0.1, 0.15) is 13.3 Å². The lowest BCUT2D eigenvalue weighted by Gasteiger charge is -2.23. The predicted molar refractivity (Wildman–Crippen MR) is 54.0 cm³/mol. The van der Waals surface area contributed by atoms with E-state index in [0.717, 1.165) is 0 Å². The van der Waals surface area contributed by atoms with Gasteiger partial charge in [0.05, 0.1) is 18.1 Å². The van der Waals surface area contributed by atoms with E-state index in [0.29, 0.717) is 13.0 Å². The van der Waals surface area contributed by atoms with Crippen LogP contribution in [0.25, 0.3) is 0 Å². The van der Waals surface area contributed by atoms with Gasteiger partial charge in [-0.15, -0.1) is 12.4 Å². The molecule has 1 rings (SSSR count). The fourth-order valence-electron chi connectivity index (χ4n) is 1.51. The van der Waals surface area contributed by atoms with Gasteiger partial charge in [-0.2, -0.15) is 0 Å². The highest BCUT2D eigenvalue weighted by Crippen LogP contribution is 2.22. The van der Waals surface area contributed by atoms with E-state index in [1.807, 2.05) is 6.92 Å². The lowest BCUT2D eigenvalue weighted by Crippen LogP contribution is -2.44. The summed E-state index contributed by atoms with van der Waals surface area (Å²) in [7, 11) is -2.83. The minimum absolute atomic E-state index is 0. The molecule has 0 bridgehead atoms. The average Bonchev–Trinajstić information content (AvgIpc) is 2.23. The van der Waals surface area contributed by atoms with Crippen molar-refractivity contribution >= 4 is 22.2 Å². The van der Waals surface area contributed by atoms with Gasteiger partial charge in [-0.3, -0.25) is 0 Å². The van der Waals surface area contributed by atoms with Crippen LogP contribution in [0.4, 0.5) is 0 Å². The number of hydrogen-bond acceptors (Lipinski definition) is 4. The fourth-order valence-corrected chi connectivity index (χ4v) is 3.63. The molecule has 1 heterocycles. The molecular weight excluding hydrogens is 214 g/mol. The van der Waals surface area contributed by atoms with Crippen LogP contribution in [-0.2, 0) is 9.84 Å². The minimum Gasteiger partial charge on any atom is -0.395 e. The normalized spacial score (nSPS) is 31.2. The van der Waals surface area contributed by atoms with E-state index in [-0.39, 0.29) is 36.1 Å². The first-order valence-electron chi connectivity index (χ1n) is 4.04. The zero-order chi connectivity index (χ0) is 9.24. The second-order valence-electron chi connectivity index (χ2n) is 3.55. The highest BCUT2D eigenvalue weighted by atomic mass is 35.5. The van der Waals surface area contributed by atoms with Gasteiger partial charge >= 0.3 is 0 Å². The number of aliphatic hydroxyl groups is 1. The van der Waals surface area contributed by atoms with Crippen LogP contribution >= 0.6 is 12.4 Å². The monoisotopic (exact) mass is 229 g/mol. The predicted octanol–water partition coefficient (Wildman–Crippen LogP) is -0.433. The van der Waals surface area contributed by atoms with Gasteiger partial charge in [0.1, 0.15) is 0 Å². The Labute approximate surface area is 85.0 Å². The number of halogens is 1. The maximum Gasteiger partial charge on any atom is 0.152 e. The van der Waals surface area contributed by atoms with Crippen LogP contribution in [0, 0.1) is 0 Å². The van der Waals surface area contributed by atoms with Crippen molar-refractivity contribution in [3.63, 3.8) is 0 Å². The van der Waals surface area contributed by atoms with Crippen molar-refractivity contribution in [3.8, 4) is 0 Å². The molecule has 2 N–H and O–H groups in total. The summed E-state index contributed by atoms with van der Waals surface area (Å²) in [5, 5.41) is 11.6. The van der Waals surface area contributed by atoms with E-state index in [4.69, 9.17) is 5.11 Å². The van der Waals surface area contributed by atoms with Gasteiger partial charge in [0.2, 0.25) is 0 Å². The molecule has 1 atom stereocenters. The van der Waals surface area contributed by atoms with Gasteiger partial charge in [0.25, 0.3) is 0 Å². The molecule has 1 fully saturated rings. The first-order chi connectivity index (χ1) is 5.47. The second-order valence-corrected chi connectivity index (χ2v) is 5.74. The van der Waals surface area contributed by atoms with E-state index in [1.165, 1.54) is 0 Å². The highest BCUT2D eigenvalue weighted by molar-refractivity contribution is 7.91. The van der Waals surface area contributed by atoms with Gasteiger partial charge in [-0.1, -0.05) is 0 Å². The summed E-state index contributed by atoms with van der Waals surface area (Å²) < 4.78 is 22.2. The number of β-amino-alcohol motifs (C(OH)–C–C–N with tert-alkyl or cyclic N) is 1. The van der Waals surface area contributed by atoms with Crippen LogP contribution in [0.3, 0.4) is 0 Å². The molecule has 1 unspecified atom stereocenters. The topological polar surface area (TPSA) is 66.4 Å². The van der Waals surface area contributed by atoms with Gasteiger partial charge in [-0.05, 0) is 13.3 Å². The molecule has 1 saturated heterocycles. The van der Waals surface area contributed by atoms with Crippen molar-refractivity contribution in [1.29, 1.82) is 0 Å². The molecule has 0 saturated carbocycles. The fraction of sp³-hybridized carbons (Fsp3) is 1.00. The molecule has 6 heteroatoms. The Morgan fingerprint density at radius 1 is 1.54 bits per heavy atom. The zero-order valence-corrected chi connectivity index (χ0v) is 9.25. The summed E-state index contributed by atoms with van der Waals surface area (Å²) in [6.07, 6.45) is 0.648. The summed E-state index contributed by atoms with van der Waals surface area (Å²) in [4.78, 5) is 0. The van der Waals surface area contributed by atoms with Gasteiger partial charge in [-0.25, -0.2) is 8.42 Å². The van der Waals surface area contributed by atoms with Gasteiger partial charge in [0.15, 0.2) is 9.84 Å². The maximum atomic E-state index is 11.1. The molecule has 4 nitrogen and oxygen atoms in total. The molecule has 1 aliphatic rings. The zero-order valence-electron chi connectivity index (χ0n) is 7.62. The third-order valence-corrected chi connectivity index (χ3v) is 4.07. The maximum absolute atomic E-state index is 11.1. The minimum atomic E-state index is -2.83. The molecule has 1 aliphatic heterocycles. The molecule has 0 aliphatic carbocycles. The molecule has 13 heavy (non-hydrogen) atoms. The van der Waals surface area contributed by atoms with Gasteiger partial charge in [0, 0.05) is 12.1 Å². The standard InChI is InChI=1S/C7H15NO3S.ClH/c1-7(8-3-4-9)2-5-12(10,11)6-7;/h8-9H,2-6H2,1H3;1H. The molecule has 0 aromatic rings. The van der Waals surface area contributed by atoms with Crippen LogP contribution in [-0.4, -0.2) is 43.7 Å². The van der Waals surface area contributed by atoms with Gasteiger partial charge < -0.3 is 10.4 Å². The lowest BCUT2D eigenvalue weighted by atomic mass is 10.0. The molecule has 0 spiro atoms. The Kier molecular flexibility index (Phi) is 4.65. The molecule has 0 amide bonds. The number of hydrogen-bond donors (Lipinski definition) is 2. The first-order valence-corrected chi connectivity index (χ1v) is 5.86. The summed E-state index contributed by atoms with van der Waals surface area (Å²) in [6, 6.07) is 0. The van der Waals surface area contributed by atoms with Crippen molar-refractivity contribution < 1.29 is 13.5 Å². The Hall–Kier alpha value is 0.160. The number of aliphatic hydroxyl groups excluding tert-OH is 1. The number of nitrogens with one attached hydrogen (secondary N) is 1. The van der Waals surface area contributed by atoms with Crippen LogP contribution in [0.2, 0.25) is 0 Å². The van der Waals surface area contributed by atoms with Crippen molar-refractivity contribution in [1.82, 2.24) is 5.32 Å². The largest absolute Gasteiger partial charge is 0.395 e. The highest BCUT2D eigenvalue weighted by Gasteiger charge is 2.37. The van der Waals surface area contributed by atoms with Crippen LogP contribution < -0.4 is 5.32 Å². The van der Waals surface area contributed by atoms with Crippen molar-refractivity contribution in [2.24, 2.45) is 0 Å². The SMILES string of the molecule is CC1(NCCO)CCS(=O)(=O)C1.Cl. The molecule has 0 aromatic carbocycles. The van der Waals surface area contributed by atoms with Crippen molar-refractivity contribution in [2.45, 2.75) is 18.9 Å². The Bertz CT molecular complexity index is 254. The Balaban J connectivity index is 0.00000144. The van der Waals surface area contributed by atoms with E-state index in [2.05, 4.69) is 5.32 Å². The molecular formula is C7H16ClNO3S. The average molecular weight is 230 g/mol. The number of sulfone groups is 1. The van der Waals surface area contributed by atoms with Crippen LogP contribution in [0.15, 0.2) is 0 Å². The van der Waals surface area contributed by atoms with E-state index < -0.39 is 9.84 Å². The summed E-state index contributed by atoms with van der Waals surface area (Å²) in [5.41, 5.74) is -0.318. The quantitative estimate of drug-likeness (QED) is 0.689. The van der Waals surface area contributed by atoms with E-state index >= 15 is 0 Å². The third kappa shape index (κ3) is 3.81. The molecule has 0 aromatic heterocycles. The van der Waals surface area contributed by atoms with E-state index in [1.54, 1.807) is 0 Å². The van der Waals surface area contributed by atoms with Crippen molar-refractivity contribution in [3.05, 3.63) is 0 Å². The summed E-state index contributed by atoms with van der Waals surface area (Å²) >= 11 is 0. The number of rotatable bonds is 3. The summed E-state index contributed by atoms with van der Waals surface area (Å²) in [6.45, 7) is 2.40. The van der Waals surface area contributed by atoms with E-state index in [9.17, 15) is 8.42 Å². The Morgan fingerprint density at radius 2 is 2.15 bits per heavy atom. The first kappa shape index (κ1) is 13.2. The third-order valence-electron chi connectivity index (χ3n) is 2.17. The molecule has 80 valence electrons. The smallest absolute Gasteiger partial charge is 0.152 e. The van der Waals surface area contributed by atoms with Crippen molar-refractivity contribution in [2.75, 3.05) is 24.7 Å². The second kappa shape index (κ2) is 4.59. The molecule has 0 radical (unpaired) electrons. The van der Waals surface area contributed by atoms with Crippen LogP contribution in [0.5, 0.6) is 0 Å². The lowest BCUT2D eigenvalue weighted by molar-refractivity contribution is 0.267. The Morgan fingerprint density at radius 3 is 2.54 bits per heavy atom. The summed E-state index contributed by atoms with van der Waals surface area (Å²) in [5.74, 6) is 0.460.